The molecule has 1 saturated heterocycles. The molecule has 0 aliphatic carbocycles. The van der Waals surface area contributed by atoms with E-state index in [9.17, 15) is 0 Å². The third-order valence-electron chi connectivity index (χ3n) is 4.55. The first kappa shape index (κ1) is 18.2. The summed E-state index contributed by atoms with van der Waals surface area (Å²) in [6, 6.07) is 12.7. The fourth-order valence-corrected chi connectivity index (χ4v) is 3.20. The van der Waals surface area contributed by atoms with Crippen molar-refractivity contribution >= 4 is 11.8 Å². The number of nitrogens with zero attached hydrogens (tertiary/aromatic N) is 3. The molecular formula is C21H29N5. The number of pyridine rings is 1. The van der Waals surface area contributed by atoms with Crippen LogP contribution >= 0.6 is 0 Å². The van der Waals surface area contributed by atoms with Crippen molar-refractivity contribution in [2.45, 2.75) is 39.8 Å². The van der Waals surface area contributed by atoms with E-state index in [4.69, 9.17) is 4.99 Å². The van der Waals surface area contributed by atoms with Crippen molar-refractivity contribution in [2.24, 2.45) is 4.99 Å². The molecular weight excluding hydrogens is 322 g/mol. The Morgan fingerprint density at radius 2 is 1.96 bits per heavy atom. The summed E-state index contributed by atoms with van der Waals surface area (Å²) in [5.74, 6) is 1.93. The molecule has 1 fully saturated rings. The Bertz CT molecular complexity index is 735. The summed E-state index contributed by atoms with van der Waals surface area (Å²) >= 11 is 0. The van der Waals surface area contributed by atoms with Gasteiger partial charge in [-0.2, -0.15) is 0 Å². The van der Waals surface area contributed by atoms with Gasteiger partial charge < -0.3 is 15.5 Å². The Labute approximate surface area is 156 Å². The number of benzene rings is 1. The highest BCUT2D eigenvalue weighted by molar-refractivity contribution is 5.79. The van der Waals surface area contributed by atoms with E-state index < -0.39 is 0 Å². The van der Waals surface area contributed by atoms with Crippen LogP contribution in [0.1, 0.15) is 36.5 Å². The van der Waals surface area contributed by atoms with Crippen LogP contribution < -0.4 is 15.5 Å². The number of nitrogens with one attached hydrogen (secondary N) is 2. The average molecular weight is 351 g/mol. The molecule has 1 aromatic carbocycles. The Hall–Kier alpha value is -2.56. The van der Waals surface area contributed by atoms with Gasteiger partial charge in [-0.15, -0.1) is 0 Å². The minimum absolute atomic E-state index is 0.673. The van der Waals surface area contributed by atoms with Gasteiger partial charge in [-0.05, 0) is 49.9 Å². The zero-order chi connectivity index (χ0) is 18.2. The van der Waals surface area contributed by atoms with Crippen LogP contribution in [0.25, 0.3) is 0 Å². The fraction of sp³-hybridized carbons (Fsp3) is 0.429. The van der Waals surface area contributed by atoms with Crippen molar-refractivity contribution in [2.75, 3.05) is 24.5 Å². The second-order valence-electron chi connectivity index (χ2n) is 6.75. The SMILES string of the molecule is CCNC(=NCc1cccc(C)c1)NCc1ccnc(N2CCCC2)c1. The predicted molar refractivity (Wildman–Crippen MR) is 109 cm³/mol. The normalized spacial score (nSPS) is 14.5. The van der Waals surface area contributed by atoms with E-state index in [1.165, 1.54) is 29.5 Å². The van der Waals surface area contributed by atoms with Gasteiger partial charge in [0.05, 0.1) is 6.54 Å². The number of anilines is 1. The highest BCUT2D eigenvalue weighted by Crippen LogP contribution is 2.18. The van der Waals surface area contributed by atoms with Crippen LogP contribution in [0.15, 0.2) is 47.6 Å². The summed E-state index contributed by atoms with van der Waals surface area (Å²) in [6.07, 6.45) is 4.43. The van der Waals surface area contributed by atoms with Crippen LogP contribution in [0.2, 0.25) is 0 Å². The van der Waals surface area contributed by atoms with Crippen molar-refractivity contribution in [1.29, 1.82) is 0 Å². The minimum atomic E-state index is 0.673. The van der Waals surface area contributed by atoms with Crippen LogP contribution in [0.5, 0.6) is 0 Å². The van der Waals surface area contributed by atoms with Crippen molar-refractivity contribution < 1.29 is 0 Å². The van der Waals surface area contributed by atoms with Gasteiger partial charge >= 0.3 is 0 Å². The number of hydrogen-bond acceptors (Lipinski definition) is 3. The fourth-order valence-electron chi connectivity index (χ4n) is 3.20. The van der Waals surface area contributed by atoms with Crippen molar-refractivity contribution in [1.82, 2.24) is 15.6 Å². The number of aromatic nitrogens is 1. The third-order valence-corrected chi connectivity index (χ3v) is 4.55. The number of aliphatic imine (C=N–C) groups is 1. The molecule has 1 aliphatic rings. The number of rotatable bonds is 6. The smallest absolute Gasteiger partial charge is 0.191 e. The van der Waals surface area contributed by atoms with Gasteiger partial charge in [0.2, 0.25) is 0 Å². The van der Waals surface area contributed by atoms with Gasteiger partial charge in [0.1, 0.15) is 5.82 Å². The lowest BCUT2D eigenvalue weighted by Gasteiger charge is -2.17. The van der Waals surface area contributed by atoms with Crippen LogP contribution in [-0.4, -0.2) is 30.6 Å². The van der Waals surface area contributed by atoms with Gasteiger partial charge in [-0.1, -0.05) is 29.8 Å². The molecule has 3 rings (SSSR count). The number of guanidine groups is 1. The second-order valence-corrected chi connectivity index (χ2v) is 6.75. The Kier molecular flexibility index (Phi) is 6.47. The number of aryl methyl sites for hydroxylation is 1. The zero-order valence-electron chi connectivity index (χ0n) is 15.8. The maximum atomic E-state index is 4.71. The first-order valence-corrected chi connectivity index (χ1v) is 9.52. The molecule has 0 spiro atoms. The molecule has 138 valence electrons. The van der Waals surface area contributed by atoms with E-state index in [1.54, 1.807) is 0 Å². The molecule has 0 saturated carbocycles. The minimum Gasteiger partial charge on any atom is -0.357 e. The van der Waals surface area contributed by atoms with Crippen LogP contribution in [0.4, 0.5) is 5.82 Å². The quantitative estimate of drug-likeness (QED) is 0.620. The zero-order valence-corrected chi connectivity index (χ0v) is 15.8. The number of hydrogen-bond donors (Lipinski definition) is 2. The largest absolute Gasteiger partial charge is 0.357 e. The van der Waals surface area contributed by atoms with Gasteiger partial charge in [-0.3, -0.25) is 0 Å². The molecule has 0 radical (unpaired) electrons. The first-order chi connectivity index (χ1) is 12.7. The summed E-state index contributed by atoms with van der Waals surface area (Å²) in [5.41, 5.74) is 3.72. The van der Waals surface area contributed by atoms with E-state index in [1.807, 2.05) is 6.20 Å². The van der Waals surface area contributed by atoms with E-state index in [0.717, 1.165) is 38.0 Å². The maximum absolute atomic E-state index is 4.71. The second kappa shape index (κ2) is 9.22. The van der Waals surface area contributed by atoms with Crippen molar-refractivity contribution in [3.63, 3.8) is 0 Å². The lowest BCUT2D eigenvalue weighted by atomic mass is 10.1. The van der Waals surface area contributed by atoms with Gasteiger partial charge in [0.15, 0.2) is 5.96 Å². The molecule has 0 amide bonds. The lowest BCUT2D eigenvalue weighted by molar-refractivity contribution is 0.813. The molecule has 1 aromatic heterocycles. The van der Waals surface area contributed by atoms with Gasteiger partial charge in [0.25, 0.3) is 0 Å². The molecule has 5 nitrogen and oxygen atoms in total. The highest BCUT2D eigenvalue weighted by Gasteiger charge is 2.13. The first-order valence-electron chi connectivity index (χ1n) is 9.52. The maximum Gasteiger partial charge on any atom is 0.191 e. The standard InChI is InChI=1S/C21H29N5/c1-3-22-21(24-15-18-8-6-7-17(2)13-18)25-16-19-9-10-23-20(14-19)26-11-4-5-12-26/h6-10,13-14H,3-5,11-12,15-16H2,1-2H3,(H2,22,24,25). The van der Waals surface area contributed by atoms with E-state index in [-0.39, 0.29) is 0 Å². The van der Waals surface area contributed by atoms with Crippen LogP contribution in [0.3, 0.4) is 0 Å². The van der Waals surface area contributed by atoms with E-state index in [2.05, 4.69) is 70.8 Å². The van der Waals surface area contributed by atoms with Gasteiger partial charge in [0, 0.05) is 32.4 Å². The summed E-state index contributed by atoms with van der Waals surface area (Å²) in [7, 11) is 0. The molecule has 2 aromatic rings. The van der Waals surface area contributed by atoms with Crippen LogP contribution in [-0.2, 0) is 13.1 Å². The Morgan fingerprint density at radius 3 is 2.73 bits per heavy atom. The molecule has 0 unspecified atom stereocenters. The van der Waals surface area contributed by atoms with E-state index in [0.29, 0.717) is 6.54 Å². The monoisotopic (exact) mass is 351 g/mol. The van der Waals surface area contributed by atoms with Crippen LogP contribution in [0, 0.1) is 6.92 Å². The molecule has 26 heavy (non-hydrogen) atoms. The van der Waals surface area contributed by atoms with Gasteiger partial charge in [-0.25, -0.2) is 9.98 Å². The average Bonchev–Trinajstić information content (AvgIpc) is 3.19. The summed E-state index contributed by atoms with van der Waals surface area (Å²) in [4.78, 5) is 11.6. The molecule has 2 heterocycles. The Balaban J connectivity index is 1.61. The molecule has 0 bridgehead atoms. The molecule has 0 atom stereocenters. The summed E-state index contributed by atoms with van der Waals surface area (Å²) in [5, 5.41) is 6.75. The summed E-state index contributed by atoms with van der Waals surface area (Å²) in [6.45, 7) is 8.68. The Morgan fingerprint density at radius 1 is 1.12 bits per heavy atom. The molecule has 1 aliphatic heterocycles. The predicted octanol–water partition coefficient (Wildman–Crippen LogP) is 3.25. The van der Waals surface area contributed by atoms with Crippen molar-refractivity contribution in [3.8, 4) is 0 Å². The lowest BCUT2D eigenvalue weighted by Crippen LogP contribution is -2.36. The molecule has 2 N–H and O–H groups in total. The topological polar surface area (TPSA) is 52.6 Å². The third kappa shape index (κ3) is 5.22. The van der Waals surface area contributed by atoms with E-state index >= 15 is 0 Å². The highest BCUT2D eigenvalue weighted by atomic mass is 15.2. The molecule has 5 heteroatoms. The summed E-state index contributed by atoms with van der Waals surface area (Å²) < 4.78 is 0. The van der Waals surface area contributed by atoms with Crippen molar-refractivity contribution in [3.05, 3.63) is 59.3 Å².